The highest BCUT2D eigenvalue weighted by atomic mass is 19.1. The van der Waals surface area contributed by atoms with Crippen molar-refractivity contribution in [3.63, 3.8) is 0 Å². The number of carbonyl (C=O) groups is 2. The van der Waals surface area contributed by atoms with Gasteiger partial charge in [-0.1, -0.05) is 12.5 Å². The maximum Gasteiger partial charge on any atom is 0.275 e. The Morgan fingerprint density at radius 1 is 1.16 bits per heavy atom. The summed E-state index contributed by atoms with van der Waals surface area (Å²) in [5.74, 6) is -3.17. The SMILES string of the molecule is O=C(CCc1ccc(F)cc1F)c1cn2c(c(O)c1=O)C(=O)N1CC3CCCCN3[C@H]1C2. The van der Waals surface area contributed by atoms with Gasteiger partial charge >= 0.3 is 0 Å². The van der Waals surface area contributed by atoms with Crippen LogP contribution in [0.2, 0.25) is 0 Å². The molecule has 0 aliphatic carbocycles. The summed E-state index contributed by atoms with van der Waals surface area (Å²) in [5.41, 5.74) is -1.06. The van der Waals surface area contributed by atoms with Crippen LogP contribution in [0.15, 0.2) is 29.2 Å². The van der Waals surface area contributed by atoms with E-state index in [4.69, 9.17) is 0 Å². The molecule has 32 heavy (non-hydrogen) atoms. The van der Waals surface area contributed by atoms with Crippen molar-refractivity contribution in [1.29, 1.82) is 0 Å². The number of pyridine rings is 1. The van der Waals surface area contributed by atoms with Crippen LogP contribution in [0, 0.1) is 11.6 Å². The first-order valence-electron chi connectivity index (χ1n) is 10.9. The summed E-state index contributed by atoms with van der Waals surface area (Å²) in [5, 5.41) is 10.5. The first-order chi connectivity index (χ1) is 15.3. The monoisotopic (exact) mass is 443 g/mol. The molecule has 9 heteroatoms. The summed E-state index contributed by atoms with van der Waals surface area (Å²) >= 11 is 0. The Hall–Kier alpha value is -3.07. The molecule has 2 fully saturated rings. The number of ketones is 1. The van der Waals surface area contributed by atoms with E-state index in [1.165, 1.54) is 16.8 Å². The van der Waals surface area contributed by atoms with Gasteiger partial charge in [0.25, 0.3) is 5.91 Å². The number of aryl methyl sites for hydroxylation is 1. The van der Waals surface area contributed by atoms with Crippen LogP contribution in [0.1, 0.15) is 52.1 Å². The lowest BCUT2D eigenvalue weighted by atomic mass is 10.0. The molecule has 3 aliphatic rings. The highest BCUT2D eigenvalue weighted by molar-refractivity contribution is 6.00. The molecule has 0 spiro atoms. The highest BCUT2D eigenvalue weighted by Crippen LogP contribution is 2.34. The van der Waals surface area contributed by atoms with E-state index in [9.17, 15) is 28.3 Å². The van der Waals surface area contributed by atoms with Crippen LogP contribution in [-0.2, 0) is 13.0 Å². The molecule has 0 radical (unpaired) electrons. The van der Waals surface area contributed by atoms with Gasteiger partial charge < -0.3 is 14.6 Å². The largest absolute Gasteiger partial charge is 0.503 e. The van der Waals surface area contributed by atoms with Crippen LogP contribution < -0.4 is 5.43 Å². The number of amides is 1. The van der Waals surface area contributed by atoms with Crippen molar-refractivity contribution < 1.29 is 23.5 Å². The molecule has 1 aromatic carbocycles. The standard InChI is InChI=1S/C23H23F2N3O4/c24-14-6-4-13(17(25)9-14)5-7-18(29)16-11-26-12-19-27-8-2-1-3-15(27)10-28(19)23(32)20(26)22(31)21(16)30/h4,6,9,11,15,19,31H,1-3,5,7-8,10,12H2/t15?,19-/m1/s1. The Morgan fingerprint density at radius 2 is 1.97 bits per heavy atom. The second-order valence-electron chi connectivity index (χ2n) is 8.71. The fourth-order valence-electron chi connectivity index (χ4n) is 5.20. The number of aromatic nitrogens is 1. The lowest BCUT2D eigenvalue weighted by Gasteiger charge is -2.38. The lowest BCUT2D eigenvalue weighted by molar-refractivity contribution is 0.0452. The summed E-state index contributed by atoms with van der Waals surface area (Å²) in [6.45, 7) is 1.81. The van der Waals surface area contributed by atoms with Gasteiger partial charge in [-0.2, -0.15) is 0 Å². The topological polar surface area (TPSA) is 82.8 Å². The maximum atomic E-state index is 13.9. The van der Waals surface area contributed by atoms with Crippen molar-refractivity contribution >= 4 is 11.7 Å². The van der Waals surface area contributed by atoms with Crippen LogP contribution in [-0.4, -0.2) is 56.5 Å². The molecule has 1 aromatic heterocycles. The predicted molar refractivity (Wildman–Crippen MR) is 111 cm³/mol. The van der Waals surface area contributed by atoms with Crippen LogP contribution in [0.25, 0.3) is 0 Å². The van der Waals surface area contributed by atoms with Crippen molar-refractivity contribution in [2.75, 3.05) is 13.1 Å². The average Bonchev–Trinajstić information content (AvgIpc) is 3.14. The van der Waals surface area contributed by atoms with E-state index in [2.05, 4.69) is 4.90 Å². The molecule has 2 atom stereocenters. The molecule has 2 saturated heterocycles. The fourth-order valence-corrected chi connectivity index (χ4v) is 5.20. The molecular weight excluding hydrogens is 420 g/mol. The van der Waals surface area contributed by atoms with Crippen molar-refractivity contribution in [2.45, 2.75) is 50.9 Å². The van der Waals surface area contributed by atoms with Crippen molar-refractivity contribution in [2.24, 2.45) is 0 Å². The van der Waals surface area contributed by atoms with Gasteiger partial charge in [0.1, 0.15) is 17.8 Å². The van der Waals surface area contributed by atoms with E-state index in [1.807, 2.05) is 0 Å². The normalized spacial score (nSPS) is 22.4. The van der Waals surface area contributed by atoms with Gasteiger partial charge in [0.05, 0.1) is 12.1 Å². The minimum atomic E-state index is -0.899. The number of rotatable bonds is 4. The Labute approximate surface area is 182 Å². The van der Waals surface area contributed by atoms with Crippen LogP contribution >= 0.6 is 0 Å². The third-order valence-corrected chi connectivity index (χ3v) is 6.84. The first kappa shape index (κ1) is 20.8. The minimum Gasteiger partial charge on any atom is -0.503 e. The predicted octanol–water partition coefficient (Wildman–Crippen LogP) is 2.30. The second kappa shape index (κ2) is 7.81. The number of benzene rings is 1. The number of hydrogen-bond donors (Lipinski definition) is 1. The van der Waals surface area contributed by atoms with Gasteiger partial charge in [0.2, 0.25) is 5.43 Å². The molecule has 1 N–H and O–H groups in total. The molecule has 1 amide bonds. The van der Waals surface area contributed by atoms with E-state index in [0.29, 0.717) is 13.1 Å². The minimum absolute atomic E-state index is 0.0162. The maximum absolute atomic E-state index is 13.9. The second-order valence-corrected chi connectivity index (χ2v) is 8.71. The smallest absolute Gasteiger partial charge is 0.275 e. The van der Waals surface area contributed by atoms with E-state index < -0.39 is 34.5 Å². The van der Waals surface area contributed by atoms with E-state index >= 15 is 0 Å². The quantitative estimate of drug-likeness (QED) is 0.734. The van der Waals surface area contributed by atoms with Crippen LogP contribution in [0.3, 0.4) is 0 Å². The number of halogens is 2. The summed E-state index contributed by atoms with van der Waals surface area (Å²) in [6.07, 6.45) is 4.14. The number of carbonyl (C=O) groups excluding carboxylic acids is 2. The van der Waals surface area contributed by atoms with E-state index in [1.54, 1.807) is 4.90 Å². The first-order valence-corrected chi connectivity index (χ1v) is 10.9. The zero-order chi connectivity index (χ0) is 22.6. The molecule has 2 aromatic rings. The lowest BCUT2D eigenvalue weighted by Crippen LogP contribution is -2.51. The zero-order valence-electron chi connectivity index (χ0n) is 17.4. The van der Waals surface area contributed by atoms with E-state index in [0.717, 1.165) is 37.9 Å². The number of piperidine rings is 1. The molecule has 0 saturated carbocycles. The number of aromatic hydroxyl groups is 1. The molecule has 7 nitrogen and oxygen atoms in total. The van der Waals surface area contributed by atoms with Gasteiger partial charge in [0, 0.05) is 37.8 Å². The number of nitrogens with zero attached hydrogens (tertiary/aromatic N) is 3. The van der Waals surface area contributed by atoms with Crippen LogP contribution in [0.4, 0.5) is 8.78 Å². The van der Waals surface area contributed by atoms with Crippen LogP contribution in [0.5, 0.6) is 5.75 Å². The van der Waals surface area contributed by atoms with Crippen molar-refractivity contribution in [3.8, 4) is 5.75 Å². The molecule has 0 bridgehead atoms. The Bertz CT molecular complexity index is 1180. The third-order valence-electron chi connectivity index (χ3n) is 6.84. The van der Waals surface area contributed by atoms with Crippen molar-refractivity contribution in [3.05, 3.63) is 63.1 Å². The molecule has 168 valence electrons. The summed E-state index contributed by atoms with van der Waals surface area (Å²) in [4.78, 5) is 42.6. The molecular formula is C23H23F2N3O4. The molecule has 3 aliphatic heterocycles. The molecule has 5 rings (SSSR count). The summed E-state index contributed by atoms with van der Waals surface area (Å²) in [6, 6.07) is 3.38. The number of hydrogen-bond acceptors (Lipinski definition) is 5. The Morgan fingerprint density at radius 3 is 2.75 bits per heavy atom. The summed E-state index contributed by atoms with van der Waals surface area (Å²) in [7, 11) is 0. The Kier molecular flexibility index (Phi) is 5.08. The van der Waals surface area contributed by atoms with Gasteiger partial charge in [-0.3, -0.25) is 19.3 Å². The van der Waals surface area contributed by atoms with Gasteiger partial charge in [-0.05, 0) is 30.9 Å². The average molecular weight is 443 g/mol. The molecule has 1 unspecified atom stereocenters. The highest BCUT2D eigenvalue weighted by Gasteiger charge is 2.47. The van der Waals surface area contributed by atoms with E-state index in [-0.39, 0.29) is 41.9 Å². The van der Waals surface area contributed by atoms with Crippen molar-refractivity contribution in [1.82, 2.24) is 14.4 Å². The number of Topliss-reactive ketones (excluding diaryl/α,β-unsaturated/α-hetero) is 1. The third kappa shape index (κ3) is 3.31. The fraction of sp³-hybridized carbons (Fsp3) is 0.435. The number of fused-ring (bicyclic) bond motifs is 4. The van der Waals surface area contributed by atoms with Gasteiger partial charge in [-0.15, -0.1) is 0 Å². The zero-order valence-corrected chi connectivity index (χ0v) is 17.4. The summed E-state index contributed by atoms with van der Waals surface area (Å²) < 4.78 is 28.5. The van der Waals surface area contributed by atoms with Gasteiger partial charge in [0.15, 0.2) is 17.2 Å². The Balaban J connectivity index is 1.43. The van der Waals surface area contributed by atoms with Gasteiger partial charge in [-0.25, -0.2) is 8.78 Å². The molecule has 4 heterocycles.